The van der Waals surface area contributed by atoms with E-state index in [2.05, 4.69) is 11.9 Å². The van der Waals surface area contributed by atoms with Crippen molar-refractivity contribution in [3.05, 3.63) is 42.5 Å². The summed E-state index contributed by atoms with van der Waals surface area (Å²) in [7, 11) is 0. The molecule has 0 aromatic heterocycles. The number of amides is 1. The van der Waals surface area contributed by atoms with Gasteiger partial charge in [-0.2, -0.15) is 0 Å². The van der Waals surface area contributed by atoms with Gasteiger partial charge in [0.1, 0.15) is 5.60 Å². The maximum Gasteiger partial charge on any atom is 0.407 e. The van der Waals surface area contributed by atoms with Crippen LogP contribution >= 0.6 is 0 Å². The van der Waals surface area contributed by atoms with Gasteiger partial charge in [0.25, 0.3) is 0 Å². The average molecular weight is 233 g/mol. The van der Waals surface area contributed by atoms with Gasteiger partial charge >= 0.3 is 6.09 Å². The average Bonchev–Trinajstić information content (AvgIpc) is 2.25. The lowest BCUT2D eigenvalue weighted by molar-refractivity contribution is 0.0535. The van der Waals surface area contributed by atoms with Crippen LogP contribution in [0.1, 0.15) is 26.3 Å². The van der Waals surface area contributed by atoms with E-state index < -0.39 is 11.7 Å². The van der Waals surface area contributed by atoms with E-state index in [9.17, 15) is 4.79 Å². The molecular weight excluding hydrogens is 214 g/mol. The number of carbonyl (C=O) groups is 1. The molecular formula is C14H19NO2. The van der Waals surface area contributed by atoms with Gasteiger partial charge in [-0.05, 0) is 31.9 Å². The first-order valence-electron chi connectivity index (χ1n) is 5.58. The highest BCUT2D eigenvalue weighted by Crippen LogP contribution is 2.11. The number of nitrogens with one attached hydrogen (secondary N) is 1. The molecule has 17 heavy (non-hydrogen) atoms. The third-order valence-corrected chi connectivity index (χ3v) is 2.03. The molecule has 1 aromatic carbocycles. The van der Waals surface area contributed by atoms with Crippen molar-refractivity contribution in [2.24, 2.45) is 0 Å². The summed E-state index contributed by atoms with van der Waals surface area (Å²) >= 11 is 0. The van der Waals surface area contributed by atoms with E-state index in [-0.39, 0.29) is 0 Å². The smallest absolute Gasteiger partial charge is 0.407 e. The van der Waals surface area contributed by atoms with E-state index in [1.807, 2.05) is 51.1 Å². The molecule has 0 aliphatic rings. The van der Waals surface area contributed by atoms with Gasteiger partial charge in [-0.1, -0.05) is 36.9 Å². The van der Waals surface area contributed by atoms with Crippen LogP contribution in [0.4, 0.5) is 4.79 Å². The Balaban J connectivity index is 2.42. The second-order valence-electron chi connectivity index (χ2n) is 4.83. The lowest BCUT2D eigenvalue weighted by atomic mass is 10.1. The molecule has 0 fully saturated rings. The van der Waals surface area contributed by atoms with Gasteiger partial charge < -0.3 is 10.1 Å². The van der Waals surface area contributed by atoms with E-state index in [0.717, 1.165) is 11.1 Å². The molecule has 0 radical (unpaired) electrons. The Hall–Kier alpha value is -1.77. The fraction of sp³-hybridized carbons (Fsp3) is 0.357. The summed E-state index contributed by atoms with van der Waals surface area (Å²) < 4.78 is 5.13. The summed E-state index contributed by atoms with van der Waals surface area (Å²) in [6.45, 7) is 9.81. The van der Waals surface area contributed by atoms with E-state index in [4.69, 9.17) is 4.74 Å². The molecule has 3 heteroatoms. The van der Waals surface area contributed by atoms with Crippen LogP contribution in [-0.4, -0.2) is 18.2 Å². The summed E-state index contributed by atoms with van der Waals surface area (Å²) in [6, 6.07) is 9.73. The number of carbonyl (C=O) groups excluding carboxylic acids is 1. The highest BCUT2D eigenvalue weighted by atomic mass is 16.6. The van der Waals surface area contributed by atoms with Crippen molar-refractivity contribution in [3.63, 3.8) is 0 Å². The van der Waals surface area contributed by atoms with Crippen LogP contribution in [0.25, 0.3) is 5.57 Å². The summed E-state index contributed by atoms with van der Waals surface area (Å²) in [4.78, 5) is 11.4. The van der Waals surface area contributed by atoms with Gasteiger partial charge in [-0.3, -0.25) is 0 Å². The van der Waals surface area contributed by atoms with Crippen LogP contribution in [0.3, 0.4) is 0 Å². The lowest BCUT2D eigenvalue weighted by Gasteiger charge is -2.20. The molecule has 0 saturated carbocycles. The minimum Gasteiger partial charge on any atom is -0.444 e. The second-order valence-corrected chi connectivity index (χ2v) is 4.83. The Kier molecular flexibility index (Phi) is 4.32. The highest BCUT2D eigenvalue weighted by molar-refractivity contribution is 5.73. The van der Waals surface area contributed by atoms with E-state index in [1.54, 1.807) is 0 Å². The predicted molar refractivity (Wildman–Crippen MR) is 69.7 cm³/mol. The Bertz CT molecular complexity index is 390. The zero-order chi connectivity index (χ0) is 12.9. The standard InChI is InChI=1S/C14H19NO2/c1-11(12-8-6-5-7-9-12)10-15-13(16)17-14(2,3)4/h5-9H,1,10H2,2-4H3,(H,15,16). The van der Waals surface area contributed by atoms with Crippen LogP contribution in [0, 0.1) is 0 Å². The van der Waals surface area contributed by atoms with Gasteiger partial charge in [0.05, 0.1) is 0 Å². The largest absolute Gasteiger partial charge is 0.444 e. The molecule has 0 aliphatic carbocycles. The van der Waals surface area contributed by atoms with Gasteiger partial charge in [-0.25, -0.2) is 4.79 Å². The van der Waals surface area contributed by atoms with Crippen LogP contribution in [0.5, 0.6) is 0 Å². The fourth-order valence-electron chi connectivity index (χ4n) is 1.27. The minimum atomic E-state index is -0.474. The van der Waals surface area contributed by atoms with Crippen LogP contribution in [0.15, 0.2) is 36.9 Å². The topological polar surface area (TPSA) is 38.3 Å². The third-order valence-electron chi connectivity index (χ3n) is 2.03. The Morgan fingerprint density at radius 3 is 2.41 bits per heavy atom. The van der Waals surface area contributed by atoms with Crippen LogP contribution < -0.4 is 5.32 Å². The molecule has 92 valence electrons. The van der Waals surface area contributed by atoms with Gasteiger partial charge in [0.15, 0.2) is 0 Å². The van der Waals surface area contributed by atoms with Crippen molar-refractivity contribution < 1.29 is 9.53 Å². The van der Waals surface area contributed by atoms with Gasteiger partial charge in [-0.15, -0.1) is 0 Å². The van der Waals surface area contributed by atoms with Crippen molar-refractivity contribution in [2.45, 2.75) is 26.4 Å². The number of rotatable bonds is 3. The fourth-order valence-corrected chi connectivity index (χ4v) is 1.27. The lowest BCUT2D eigenvalue weighted by Crippen LogP contribution is -2.33. The molecule has 0 saturated heterocycles. The molecule has 0 aliphatic heterocycles. The van der Waals surface area contributed by atoms with Crippen molar-refractivity contribution in [3.8, 4) is 0 Å². The molecule has 1 aromatic rings. The summed E-state index contributed by atoms with van der Waals surface area (Å²) in [5.74, 6) is 0. The monoisotopic (exact) mass is 233 g/mol. The first-order chi connectivity index (χ1) is 7.88. The number of benzene rings is 1. The maximum absolute atomic E-state index is 11.4. The second kappa shape index (κ2) is 5.53. The Morgan fingerprint density at radius 2 is 1.88 bits per heavy atom. The van der Waals surface area contributed by atoms with E-state index in [0.29, 0.717) is 6.54 Å². The Labute approximate surface area is 102 Å². The van der Waals surface area contributed by atoms with Gasteiger partial charge in [0.2, 0.25) is 0 Å². The van der Waals surface area contributed by atoms with E-state index in [1.165, 1.54) is 0 Å². The number of hydrogen-bond acceptors (Lipinski definition) is 2. The highest BCUT2D eigenvalue weighted by Gasteiger charge is 2.15. The van der Waals surface area contributed by atoms with E-state index >= 15 is 0 Å². The molecule has 0 spiro atoms. The number of alkyl carbamates (subject to hydrolysis) is 1. The number of hydrogen-bond donors (Lipinski definition) is 1. The zero-order valence-electron chi connectivity index (χ0n) is 10.6. The normalized spacial score (nSPS) is 10.8. The molecule has 0 bridgehead atoms. The maximum atomic E-state index is 11.4. The van der Waals surface area contributed by atoms with Crippen molar-refractivity contribution in [2.75, 3.05) is 6.54 Å². The molecule has 0 atom stereocenters. The van der Waals surface area contributed by atoms with Crippen molar-refractivity contribution >= 4 is 11.7 Å². The first kappa shape index (κ1) is 13.3. The van der Waals surface area contributed by atoms with Gasteiger partial charge in [0, 0.05) is 6.54 Å². The van der Waals surface area contributed by atoms with Crippen LogP contribution in [0.2, 0.25) is 0 Å². The molecule has 0 heterocycles. The molecule has 1 amide bonds. The molecule has 1 rings (SSSR count). The molecule has 1 N–H and O–H groups in total. The summed E-state index contributed by atoms with van der Waals surface area (Å²) in [6.07, 6.45) is -0.422. The van der Waals surface area contributed by atoms with Crippen molar-refractivity contribution in [1.82, 2.24) is 5.32 Å². The number of ether oxygens (including phenoxy) is 1. The quantitative estimate of drug-likeness (QED) is 0.870. The Morgan fingerprint density at radius 1 is 1.29 bits per heavy atom. The summed E-state index contributed by atoms with van der Waals surface area (Å²) in [5, 5.41) is 2.68. The molecule has 0 unspecified atom stereocenters. The zero-order valence-corrected chi connectivity index (χ0v) is 10.6. The predicted octanol–water partition coefficient (Wildman–Crippen LogP) is 3.22. The SMILES string of the molecule is C=C(CNC(=O)OC(C)(C)C)c1ccccc1. The van der Waals surface area contributed by atoms with Crippen LogP contribution in [-0.2, 0) is 4.74 Å². The van der Waals surface area contributed by atoms with Crippen molar-refractivity contribution in [1.29, 1.82) is 0 Å². The molecule has 3 nitrogen and oxygen atoms in total. The first-order valence-corrected chi connectivity index (χ1v) is 5.58. The third kappa shape index (κ3) is 5.20. The minimum absolute atomic E-state index is 0.388. The summed E-state index contributed by atoms with van der Waals surface area (Å²) in [5.41, 5.74) is 1.40.